The molecule has 1 unspecified atom stereocenters. The lowest BCUT2D eigenvalue weighted by Crippen LogP contribution is -2.37. The van der Waals surface area contributed by atoms with Crippen molar-refractivity contribution >= 4 is 23.4 Å². The van der Waals surface area contributed by atoms with E-state index in [0.29, 0.717) is 12.0 Å². The molecule has 2 rings (SSSR count). The van der Waals surface area contributed by atoms with E-state index in [1.165, 1.54) is 27.2 Å². The molecule has 10 nitrogen and oxygen atoms in total. The highest BCUT2D eigenvalue weighted by molar-refractivity contribution is 6.23. The van der Waals surface area contributed by atoms with Crippen molar-refractivity contribution in [3.63, 3.8) is 0 Å². The Bertz CT molecular complexity index is 1130. The number of allylic oxidation sites excluding steroid dienone is 4. The molecule has 6 atom stereocenters. The summed E-state index contributed by atoms with van der Waals surface area (Å²) in [5, 5.41) is 13.6. The van der Waals surface area contributed by atoms with Crippen molar-refractivity contribution in [2.45, 2.75) is 71.9 Å². The van der Waals surface area contributed by atoms with Crippen LogP contribution in [-0.4, -0.2) is 67.2 Å². The number of amides is 1. The van der Waals surface area contributed by atoms with Crippen molar-refractivity contribution in [2.75, 3.05) is 14.2 Å². The second-order valence-electron chi connectivity index (χ2n) is 10.1. The molecule has 0 saturated heterocycles. The van der Waals surface area contributed by atoms with Crippen molar-refractivity contribution in [1.29, 1.82) is 0 Å². The van der Waals surface area contributed by atoms with Crippen LogP contribution in [0.15, 0.2) is 58.5 Å². The zero-order chi connectivity index (χ0) is 29.4. The quantitative estimate of drug-likeness (QED) is 0.275. The number of hydrogen-bond acceptors (Lipinski definition) is 9. The molecule has 0 aromatic carbocycles. The number of hydrogen-bond donors (Lipinski definition) is 3. The molecule has 1 heterocycles. The molecule has 2 bridgehead atoms. The molecule has 0 aromatic heterocycles. The van der Waals surface area contributed by atoms with Crippen molar-refractivity contribution in [3.8, 4) is 0 Å². The number of nitrogens with two attached hydrogens (primary N) is 1. The number of fused-ring (bicyclic) bond motifs is 2. The molecule has 10 heteroatoms. The van der Waals surface area contributed by atoms with Crippen LogP contribution < -0.4 is 11.1 Å². The molecule has 0 aromatic rings. The molecule has 1 amide bonds. The number of aliphatic hydroxyl groups excluding tert-OH is 1. The van der Waals surface area contributed by atoms with E-state index in [0.717, 1.165) is 6.08 Å². The standard InChI is InChI=1S/C29H40N2O8/c1-15-11-20-25(30)22(33)14-21(27(20)35)31-29(36)16(2)9-8-10-23(37-6)28(39-19(5)32)18(4)13-17(3)26(34)24(12-15)38-7/h8-10,13-15,17,23-24,26,28,34H,11-12,30H2,1-7H3,(H,31,36)/b10-8-,16-9+,18-13+/t15-,17+,23+,24+,26-,28?/m1/s1. The highest BCUT2D eigenvalue weighted by atomic mass is 16.6. The summed E-state index contributed by atoms with van der Waals surface area (Å²) in [6, 6.07) is 0. The van der Waals surface area contributed by atoms with Gasteiger partial charge in [-0.05, 0) is 38.2 Å². The third-order valence-electron chi connectivity index (χ3n) is 6.89. The number of aliphatic hydroxyl groups is 1. The average Bonchev–Trinajstić information content (AvgIpc) is 2.88. The van der Waals surface area contributed by atoms with Crippen LogP contribution in [0.25, 0.3) is 0 Å². The maximum atomic E-state index is 13.2. The Balaban J connectivity index is 2.58. The summed E-state index contributed by atoms with van der Waals surface area (Å²) in [6.07, 6.45) is 5.04. The molecular weight excluding hydrogens is 504 g/mol. The minimum atomic E-state index is -0.931. The summed E-state index contributed by atoms with van der Waals surface area (Å²) in [5.74, 6) is -2.77. The van der Waals surface area contributed by atoms with Gasteiger partial charge in [-0.25, -0.2) is 0 Å². The molecule has 0 saturated carbocycles. The van der Waals surface area contributed by atoms with Crippen LogP contribution in [0, 0.1) is 11.8 Å². The van der Waals surface area contributed by atoms with Crippen molar-refractivity contribution in [3.05, 3.63) is 58.5 Å². The van der Waals surface area contributed by atoms with Gasteiger partial charge in [-0.1, -0.05) is 38.2 Å². The van der Waals surface area contributed by atoms with Crippen LogP contribution in [0.2, 0.25) is 0 Å². The average molecular weight is 545 g/mol. The van der Waals surface area contributed by atoms with E-state index >= 15 is 0 Å². The summed E-state index contributed by atoms with van der Waals surface area (Å²) in [4.78, 5) is 50.4. The molecular formula is C29H40N2O8. The molecule has 214 valence electrons. The van der Waals surface area contributed by atoms with E-state index in [4.69, 9.17) is 19.9 Å². The summed E-state index contributed by atoms with van der Waals surface area (Å²) >= 11 is 0. The lowest BCUT2D eigenvalue weighted by molar-refractivity contribution is -0.149. The van der Waals surface area contributed by atoms with Gasteiger partial charge in [0.25, 0.3) is 5.91 Å². The zero-order valence-electron chi connectivity index (χ0n) is 23.6. The largest absolute Gasteiger partial charge is 0.455 e. The van der Waals surface area contributed by atoms with Gasteiger partial charge in [0, 0.05) is 44.3 Å². The number of carbonyl (C=O) groups excluding carboxylic acids is 4. The van der Waals surface area contributed by atoms with Crippen LogP contribution in [0.5, 0.6) is 0 Å². The van der Waals surface area contributed by atoms with Gasteiger partial charge in [-0.15, -0.1) is 0 Å². The van der Waals surface area contributed by atoms with Gasteiger partial charge >= 0.3 is 5.97 Å². The van der Waals surface area contributed by atoms with Gasteiger partial charge < -0.3 is 30.4 Å². The fourth-order valence-electron chi connectivity index (χ4n) is 4.66. The number of carbonyl (C=O) groups is 4. The predicted molar refractivity (Wildman–Crippen MR) is 145 cm³/mol. The molecule has 1 aliphatic carbocycles. The Labute approximate surface area is 229 Å². The van der Waals surface area contributed by atoms with E-state index in [1.54, 1.807) is 32.1 Å². The molecule has 0 spiro atoms. The van der Waals surface area contributed by atoms with Crippen molar-refractivity contribution in [1.82, 2.24) is 5.32 Å². The normalized spacial score (nSPS) is 33.3. The fourth-order valence-corrected chi connectivity index (χ4v) is 4.66. The van der Waals surface area contributed by atoms with E-state index < -0.39 is 53.8 Å². The number of methoxy groups -OCH3 is 2. The smallest absolute Gasteiger partial charge is 0.303 e. The highest BCUT2D eigenvalue weighted by Gasteiger charge is 2.32. The van der Waals surface area contributed by atoms with Gasteiger partial charge in [0.1, 0.15) is 6.10 Å². The van der Waals surface area contributed by atoms with Gasteiger partial charge in [0.05, 0.1) is 23.6 Å². The third kappa shape index (κ3) is 8.32. The zero-order valence-corrected chi connectivity index (χ0v) is 23.6. The lowest BCUT2D eigenvalue weighted by atomic mass is 9.85. The molecule has 0 fully saturated rings. The van der Waals surface area contributed by atoms with E-state index in [9.17, 15) is 24.3 Å². The molecule has 39 heavy (non-hydrogen) atoms. The Morgan fingerprint density at radius 1 is 1.13 bits per heavy atom. The minimum absolute atomic E-state index is 0.116. The van der Waals surface area contributed by atoms with E-state index in [-0.39, 0.29) is 34.9 Å². The second-order valence-corrected chi connectivity index (χ2v) is 10.1. The van der Waals surface area contributed by atoms with E-state index in [1.807, 2.05) is 13.8 Å². The number of ketones is 2. The van der Waals surface area contributed by atoms with Crippen molar-refractivity contribution in [2.24, 2.45) is 17.6 Å². The number of ether oxygens (including phenoxy) is 3. The lowest BCUT2D eigenvalue weighted by Gasteiger charge is -2.30. The molecule has 1 aliphatic heterocycles. The first-order valence-electron chi connectivity index (χ1n) is 12.9. The molecule has 2 aliphatic rings. The third-order valence-corrected chi connectivity index (χ3v) is 6.89. The number of esters is 1. The first kappa shape index (κ1) is 31.9. The topological polar surface area (TPSA) is 154 Å². The second kappa shape index (κ2) is 14.2. The summed E-state index contributed by atoms with van der Waals surface area (Å²) < 4.78 is 16.7. The van der Waals surface area contributed by atoms with Crippen LogP contribution >= 0.6 is 0 Å². The Hall–Kier alpha value is -3.34. The fraction of sp³-hybridized carbons (Fsp3) is 0.517. The molecule has 4 N–H and O–H groups in total. The van der Waals surface area contributed by atoms with Crippen LogP contribution in [-0.2, 0) is 33.4 Å². The van der Waals surface area contributed by atoms with Crippen LogP contribution in [0.1, 0.15) is 47.5 Å². The Morgan fingerprint density at radius 3 is 2.38 bits per heavy atom. The van der Waals surface area contributed by atoms with Crippen LogP contribution in [0.4, 0.5) is 0 Å². The summed E-state index contributed by atoms with van der Waals surface area (Å²) in [5.41, 5.74) is 6.70. The van der Waals surface area contributed by atoms with E-state index in [2.05, 4.69) is 5.32 Å². The van der Waals surface area contributed by atoms with Gasteiger partial charge in [0.2, 0.25) is 11.6 Å². The van der Waals surface area contributed by atoms with Gasteiger partial charge in [-0.3, -0.25) is 19.2 Å². The Kier molecular flexibility index (Phi) is 11.6. The Morgan fingerprint density at radius 2 is 1.79 bits per heavy atom. The number of rotatable bonds is 3. The first-order valence-corrected chi connectivity index (χ1v) is 12.9. The summed E-state index contributed by atoms with van der Waals surface area (Å²) in [7, 11) is 2.95. The first-order chi connectivity index (χ1) is 18.3. The highest BCUT2D eigenvalue weighted by Crippen LogP contribution is 2.28. The SMILES string of the molecule is CO[C@H]1/C=C\C=C(/C)C(=O)NC2=CC(=O)C(N)=C(C[C@@H](C)C[C@H](OC)[C@H](O)[C@@H](C)/C=C(\C)C1OC(C)=O)C2=O. The summed E-state index contributed by atoms with van der Waals surface area (Å²) in [6.45, 7) is 8.31. The monoisotopic (exact) mass is 544 g/mol. The number of nitrogens with one attached hydrogen (secondary N) is 1. The van der Waals surface area contributed by atoms with Crippen LogP contribution in [0.3, 0.4) is 0 Å². The molecule has 0 radical (unpaired) electrons. The maximum Gasteiger partial charge on any atom is 0.303 e. The van der Waals surface area contributed by atoms with Crippen molar-refractivity contribution < 1.29 is 38.5 Å². The predicted octanol–water partition coefficient (Wildman–Crippen LogP) is 2.19. The minimum Gasteiger partial charge on any atom is -0.455 e. The number of Topliss-reactive ketones (excluding diaryl/α,β-unsaturated/α-hetero) is 1. The maximum absolute atomic E-state index is 13.2. The van der Waals surface area contributed by atoms with Gasteiger partial charge in [-0.2, -0.15) is 0 Å². The van der Waals surface area contributed by atoms with Gasteiger partial charge in [0.15, 0.2) is 6.10 Å².